The number of rotatable bonds is 5. The zero-order chi connectivity index (χ0) is 10.3. The van der Waals surface area contributed by atoms with Crippen molar-refractivity contribution >= 4 is 6.09 Å². The van der Waals surface area contributed by atoms with Gasteiger partial charge < -0.3 is 14.4 Å². The molecule has 0 unspecified atom stereocenters. The van der Waals surface area contributed by atoms with E-state index in [0.717, 1.165) is 0 Å². The van der Waals surface area contributed by atoms with Crippen LogP contribution in [-0.4, -0.2) is 43.9 Å². The summed E-state index contributed by atoms with van der Waals surface area (Å²) < 4.78 is 10.1. The van der Waals surface area contributed by atoms with E-state index >= 15 is 0 Å². The molecule has 0 aliphatic heterocycles. The van der Waals surface area contributed by atoms with Crippen molar-refractivity contribution in [1.82, 2.24) is 4.90 Å². The average molecular weight is 189 g/mol. The Balaban J connectivity index is 3.49. The molecule has 0 bridgehead atoms. The van der Waals surface area contributed by atoms with E-state index in [1.54, 1.807) is 14.0 Å². The summed E-state index contributed by atoms with van der Waals surface area (Å²) in [5.74, 6) is 0. The van der Waals surface area contributed by atoms with Crippen molar-refractivity contribution in [3.05, 3.63) is 0 Å². The molecule has 0 aliphatic carbocycles. The predicted octanol–water partition coefficient (Wildman–Crippen LogP) is 1.50. The van der Waals surface area contributed by atoms with E-state index < -0.39 is 0 Å². The fraction of sp³-hybridized carbons (Fsp3) is 0.889. The fourth-order valence-corrected chi connectivity index (χ4v) is 0.750. The van der Waals surface area contributed by atoms with Gasteiger partial charge >= 0.3 is 6.09 Å². The van der Waals surface area contributed by atoms with Crippen molar-refractivity contribution in [3.63, 3.8) is 0 Å². The highest BCUT2D eigenvalue weighted by atomic mass is 16.6. The standard InChI is InChI=1S/C9H19NO3/c1-5-12-9(11)10(4)6-7-13-8(2)3/h8H,5-7H2,1-4H3. The van der Waals surface area contributed by atoms with Crippen LogP contribution in [-0.2, 0) is 9.47 Å². The maximum atomic E-state index is 11.1. The molecule has 0 fully saturated rings. The number of nitrogens with zero attached hydrogens (tertiary/aromatic N) is 1. The Morgan fingerprint density at radius 2 is 2.08 bits per heavy atom. The van der Waals surface area contributed by atoms with Gasteiger partial charge in [-0.15, -0.1) is 0 Å². The number of likely N-dealkylation sites (N-methyl/N-ethyl adjacent to an activating group) is 1. The predicted molar refractivity (Wildman–Crippen MR) is 50.7 cm³/mol. The molecule has 0 saturated carbocycles. The van der Waals surface area contributed by atoms with Crippen LogP contribution < -0.4 is 0 Å². The zero-order valence-electron chi connectivity index (χ0n) is 8.87. The second-order valence-corrected chi connectivity index (χ2v) is 3.04. The van der Waals surface area contributed by atoms with Crippen LogP contribution in [0.25, 0.3) is 0 Å². The van der Waals surface area contributed by atoms with E-state index in [9.17, 15) is 4.79 Å². The minimum atomic E-state index is -0.296. The van der Waals surface area contributed by atoms with Gasteiger partial charge in [0.2, 0.25) is 0 Å². The Morgan fingerprint density at radius 3 is 2.54 bits per heavy atom. The molecular formula is C9H19NO3. The monoisotopic (exact) mass is 189 g/mol. The van der Waals surface area contributed by atoms with Crippen molar-refractivity contribution in [1.29, 1.82) is 0 Å². The first-order chi connectivity index (χ1) is 6.07. The third-order valence-corrected chi connectivity index (χ3v) is 1.46. The Hall–Kier alpha value is -0.770. The quantitative estimate of drug-likeness (QED) is 0.658. The minimum absolute atomic E-state index is 0.204. The number of hydrogen-bond acceptors (Lipinski definition) is 3. The molecule has 0 aromatic rings. The largest absolute Gasteiger partial charge is 0.450 e. The van der Waals surface area contributed by atoms with Gasteiger partial charge in [0.1, 0.15) is 0 Å². The summed E-state index contributed by atoms with van der Waals surface area (Å²) in [6, 6.07) is 0. The Kier molecular flexibility index (Phi) is 6.32. The lowest BCUT2D eigenvalue weighted by molar-refractivity contribution is 0.0564. The fourth-order valence-electron chi connectivity index (χ4n) is 0.750. The summed E-state index contributed by atoms with van der Waals surface area (Å²) in [5, 5.41) is 0. The Labute approximate surface area is 79.8 Å². The van der Waals surface area contributed by atoms with Crippen LogP contribution in [0, 0.1) is 0 Å². The SMILES string of the molecule is CCOC(=O)N(C)CCOC(C)C. The minimum Gasteiger partial charge on any atom is -0.450 e. The van der Waals surface area contributed by atoms with Gasteiger partial charge in [0.15, 0.2) is 0 Å². The number of ether oxygens (including phenoxy) is 2. The van der Waals surface area contributed by atoms with Crippen LogP contribution in [0.1, 0.15) is 20.8 Å². The van der Waals surface area contributed by atoms with Gasteiger partial charge in [0.05, 0.1) is 19.3 Å². The van der Waals surface area contributed by atoms with Crippen LogP contribution in [0.15, 0.2) is 0 Å². The van der Waals surface area contributed by atoms with Crippen molar-refractivity contribution in [3.8, 4) is 0 Å². The van der Waals surface area contributed by atoms with Gasteiger partial charge in [-0.3, -0.25) is 0 Å². The molecule has 0 heterocycles. The van der Waals surface area contributed by atoms with Crippen LogP contribution in [0.3, 0.4) is 0 Å². The summed E-state index contributed by atoms with van der Waals surface area (Å²) in [6.45, 7) is 7.24. The third kappa shape index (κ3) is 6.40. The molecule has 0 rings (SSSR count). The molecule has 4 heteroatoms. The normalized spacial score (nSPS) is 10.2. The van der Waals surface area contributed by atoms with E-state index in [2.05, 4.69) is 0 Å². The first-order valence-corrected chi connectivity index (χ1v) is 4.57. The van der Waals surface area contributed by atoms with Crippen LogP contribution in [0.4, 0.5) is 4.79 Å². The van der Waals surface area contributed by atoms with Crippen molar-refractivity contribution < 1.29 is 14.3 Å². The van der Waals surface area contributed by atoms with Gasteiger partial charge in [0, 0.05) is 13.6 Å². The summed E-state index contributed by atoms with van der Waals surface area (Å²) in [6.07, 6.45) is -0.0922. The first kappa shape index (κ1) is 12.2. The number of carbonyl (C=O) groups excluding carboxylic acids is 1. The van der Waals surface area contributed by atoms with Crippen molar-refractivity contribution in [2.75, 3.05) is 26.8 Å². The van der Waals surface area contributed by atoms with E-state index in [-0.39, 0.29) is 12.2 Å². The Morgan fingerprint density at radius 1 is 1.46 bits per heavy atom. The zero-order valence-corrected chi connectivity index (χ0v) is 8.87. The maximum Gasteiger partial charge on any atom is 0.409 e. The van der Waals surface area contributed by atoms with Gasteiger partial charge in [-0.05, 0) is 20.8 Å². The third-order valence-electron chi connectivity index (χ3n) is 1.46. The molecule has 0 spiro atoms. The van der Waals surface area contributed by atoms with E-state index in [4.69, 9.17) is 9.47 Å². The molecule has 0 atom stereocenters. The Bertz CT molecular complexity index is 148. The lowest BCUT2D eigenvalue weighted by Crippen LogP contribution is -2.31. The smallest absolute Gasteiger partial charge is 0.409 e. The van der Waals surface area contributed by atoms with Gasteiger partial charge in [-0.1, -0.05) is 0 Å². The number of carbonyl (C=O) groups is 1. The van der Waals surface area contributed by atoms with Crippen molar-refractivity contribution in [2.45, 2.75) is 26.9 Å². The summed E-state index contributed by atoms with van der Waals surface area (Å²) in [5.41, 5.74) is 0. The number of amides is 1. The summed E-state index contributed by atoms with van der Waals surface area (Å²) in [4.78, 5) is 12.6. The molecule has 0 aromatic heterocycles. The molecule has 78 valence electrons. The van der Waals surface area contributed by atoms with Gasteiger partial charge in [-0.2, -0.15) is 0 Å². The molecule has 0 N–H and O–H groups in total. The topological polar surface area (TPSA) is 38.8 Å². The summed E-state index contributed by atoms with van der Waals surface area (Å²) in [7, 11) is 1.70. The molecule has 0 aromatic carbocycles. The lowest BCUT2D eigenvalue weighted by atomic mass is 10.5. The second kappa shape index (κ2) is 6.71. The van der Waals surface area contributed by atoms with Gasteiger partial charge in [0.25, 0.3) is 0 Å². The van der Waals surface area contributed by atoms with Gasteiger partial charge in [-0.25, -0.2) is 4.79 Å². The first-order valence-electron chi connectivity index (χ1n) is 4.57. The van der Waals surface area contributed by atoms with Crippen LogP contribution in [0.2, 0.25) is 0 Å². The average Bonchev–Trinajstić information content (AvgIpc) is 2.04. The second-order valence-electron chi connectivity index (χ2n) is 3.04. The van der Waals surface area contributed by atoms with E-state index in [1.807, 2.05) is 13.8 Å². The maximum absolute atomic E-state index is 11.1. The molecule has 4 nitrogen and oxygen atoms in total. The molecule has 0 radical (unpaired) electrons. The van der Waals surface area contributed by atoms with Crippen LogP contribution in [0.5, 0.6) is 0 Å². The molecule has 0 saturated heterocycles. The van der Waals surface area contributed by atoms with E-state index in [0.29, 0.717) is 19.8 Å². The van der Waals surface area contributed by atoms with Crippen LogP contribution >= 0.6 is 0 Å². The van der Waals surface area contributed by atoms with E-state index in [1.165, 1.54) is 4.90 Å². The highest BCUT2D eigenvalue weighted by molar-refractivity contribution is 5.67. The lowest BCUT2D eigenvalue weighted by Gasteiger charge is -2.17. The molecule has 1 amide bonds. The molecule has 13 heavy (non-hydrogen) atoms. The molecular weight excluding hydrogens is 170 g/mol. The summed E-state index contributed by atoms with van der Waals surface area (Å²) >= 11 is 0. The van der Waals surface area contributed by atoms with Crippen molar-refractivity contribution in [2.24, 2.45) is 0 Å². The number of hydrogen-bond donors (Lipinski definition) is 0. The molecule has 0 aliphatic rings. The highest BCUT2D eigenvalue weighted by Crippen LogP contribution is 1.92. The highest BCUT2D eigenvalue weighted by Gasteiger charge is 2.08.